The highest BCUT2D eigenvalue weighted by Crippen LogP contribution is 2.38. The standard InChI is InChI=1S/C18H38N2/c1-7-18(8-2,20(9-3)10-4)17(19-6)16-13-11-15(5)12-14-16/h15-17,19H,7-14H2,1-6H3. The molecule has 0 aromatic carbocycles. The lowest BCUT2D eigenvalue weighted by molar-refractivity contribution is 0.0187. The van der Waals surface area contributed by atoms with Crippen molar-refractivity contribution in [3.8, 4) is 0 Å². The monoisotopic (exact) mass is 282 g/mol. The van der Waals surface area contributed by atoms with Crippen LogP contribution >= 0.6 is 0 Å². The first-order valence-corrected chi connectivity index (χ1v) is 9.01. The van der Waals surface area contributed by atoms with Crippen LogP contribution in [-0.4, -0.2) is 36.6 Å². The van der Waals surface area contributed by atoms with Crippen molar-refractivity contribution < 1.29 is 0 Å². The van der Waals surface area contributed by atoms with Gasteiger partial charge in [0.25, 0.3) is 0 Å². The predicted octanol–water partition coefficient (Wildman–Crippen LogP) is 4.30. The SMILES string of the molecule is CCN(CC)C(CC)(CC)C(NC)C1CCC(C)CC1. The molecule has 0 heterocycles. The Bertz CT molecular complexity index is 248. The van der Waals surface area contributed by atoms with Gasteiger partial charge in [-0.1, -0.05) is 47.5 Å². The van der Waals surface area contributed by atoms with Gasteiger partial charge in [0.1, 0.15) is 0 Å². The summed E-state index contributed by atoms with van der Waals surface area (Å²) < 4.78 is 0. The van der Waals surface area contributed by atoms with Crippen molar-refractivity contribution in [3.63, 3.8) is 0 Å². The first-order valence-electron chi connectivity index (χ1n) is 9.01. The number of nitrogens with zero attached hydrogens (tertiary/aromatic N) is 1. The molecule has 1 aliphatic rings. The fourth-order valence-electron chi connectivity index (χ4n) is 4.75. The number of nitrogens with one attached hydrogen (secondary N) is 1. The Morgan fingerprint density at radius 3 is 1.85 bits per heavy atom. The van der Waals surface area contributed by atoms with Crippen molar-refractivity contribution in [3.05, 3.63) is 0 Å². The zero-order valence-electron chi connectivity index (χ0n) is 14.8. The van der Waals surface area contributed by atoms with Crippen LogP contribution in [-0.2, 0) is 0 Å². The minimum Gasteiger partial charge on any atom is -0.315 e. The van der Waals surface area contributed by atoms with E-state index < -0.39 is 0 Å². The maximum atomic E-state index is 3.74. The second kappa shape index (κ2) is 8.38. The molecule has 2 heteroatoms. The van der Waals surface area contributed by atoms with Crippen LogP contribution in [0.5, 0.6) is 0 Å². The second-order valence-corrected chi connectivity index (χ2v) is 6.77. The summed E-state index contributed by atoms with van der Waals surface area (Å²) in [6.07, 6.45) is 8.17. The lowest BCUT2D eigenvalue weighted by Crippen LogP contribution is -2.63. The normalized spacial score (nSPS) is 25.9. The Labute approximate surface area is 127 Å². The smallest absolute Gasteiger partial charge is 0.0359 e. The Balaban J connectivity index is 2.96. The minimum absolute atomic E-state index is 0.337. The lowest BCUT2D eigenvalue weighted by Gasteiger charge is -2.51. The molecule has 20 heavy (non-hydrogen) atoms. The Hall–Kier alpha value is -0.0800. The molecule has 1 fully saturated rings. The number of likely N-dealkylation sites (N-methyl/N-ethyl adjacent to an activating group) is 2. The third kappa shape index (κ3) is 3.57. The molecule has 1 atom stereocenters. The molecule has 0 amide bonds. The van der Waals surface area contributed by atoms with Gasteiger partial charge < -0.3 is 5.32 Å². The highest BCUT2D eigenvalue weighted by Gasteiger charge is 2.43. The lowest BCUT2D eigenvalue weighted by atomic mass is 9.70. The molecule has 0 aromatic heterocycles. The summed E-state index contributed by atoms with van der Waals surface area (Å²) >= 11 is 0. The van der Waals surface area contributed by atoms with E-state index in [1.54, 1.807) is 0 Å². The molecule has 2 nitrogen and oxygen atoms in total. The van der Waals surface area contributed by atoms with Gasteiger partial charge in [-0.05, 0) is 57.7 Å². The van der Waals surface area contributed by atoms with E-state index in [4.69, 9.17) is 0 Å². The summed E-state index contributed by atoms with van der Waals surface area (Å²) in [7, 11) is 2.19. The van der Waals surface area contributed by atoms with Crippen molar-refractivity contribution in [2.24, 2.45) is 11.8 Å². The van der Waals surface area contributed by atoms with Crippen molar-refractivity contribution in [2.45, 2.75) is 84.7 Å². The molecule has 1 rings (SSSR count). The van der Waals surface area contributed by atoms with Crippen LogP contribution in [0.3, 0.4) is 0 Å². The number of hydrogen-bond donors (Lipinski definition) is 1. The maximum absolute atomic E-state index is 3.74. The van der Waals surface area contributed by atoms with Gasteiger partial charge in [-0.3, -0.25) is 4.90 Å². The van der Waals surface area contributed by atoms with Crippen molar-refractivity contribution in [2.75, 3.05) is 20.1 Å². The van der Waals surface area contributed by atoms with E-state index in [0.29, 0.717) is 11.6 Å². The molecule has 0 spiro atoms. The Morgan fingerprint density at radius 2 is 1.50 bits per heavy atom. The van der Waals surface area contributed by atoms with Gasteiger partial charge in [0, 0.05) is 11.6 Å². The highest BCUT2D eigenvalue weighted by atomic mass is 15.2. The molecular formula is C18H38N2. The molecule has 1 aliphatic carbocycles. The van der Waals surface area contributed by atoms with Gasteiger partial charge in [0.15, 0.2) is 0 Å². The minimum atomic E-state index is 0.337. The predicted molar refractivity (Wildman–Crippen MR) is 90.2 cm³/mol. The molecule has 0 radical (unpaired) electrons. The zero-order chi connectivity index (χ0) is 15.2. The van der Waals surface area contributed by atoms with Gasteiger partial charge in [-0.25, -0.2) is 0 Å². The van der Waals surface area contributed by atoms with E-state index in [1.807, 2.05) is 0 Å². The van der Waals surface area contributed by atoms with Crippen LogP contribution in [0.15, 0.2) is 0 Å². The Morgan fingerprint density at radius 1 is 1.00 bits per heavy atom. The van der Waals surface area contributed by atoms with Gasteiger partial charge in [-0.15, -0.1) is 0 Å². The molecule has 1 unspecified atom stereocenters. The fourth-order valence-corrected chi connectivity index (χ4v) is 4.75. The van der Waals surface area contributed by atoms with Gasteiger partial charge in [-0.2, -0.15) is 0 Å². The quantitative estimate of drug-likeness (QED) is 0.714. The average molecular weight is 283 g/mol. The van der Waals surface area contributed by atoms with Crippen LogP contribution in [0.4, 0.5) is 0 Å². The molecule has 120 valence electrons. The Kier molecular flexibility index (Phi) is 7.53. The second-order valence-electron chi connectivity index (χ2n) is 6.77. The molecule has 1 N–H and O–H groups in total. The largest absolute Gasteiger partial charge is 0.315 e. The van der Waals surface area contributed by atoms with Crippen molar-refractivity contribution in [1.29, 1.82) is 0 Å². The molecule has 1 saturated carbocycles. The zero-order valence-corrected chi connectivity index (χ0v) is 14.8. The number of rotatable bonds is 8. The third-order valence-electron chi connectivity index (χ3n) is 6.04. The van der Waals surface area contributed by atoms with Crippen LogP contribution in [0, 0.1) is 11.8 Å². The van der Waals surface area contributed by atoms with E-state index in [-0.39, 0.29) is 0 Å². The molecule has 0 aliphatic heterocycles. The van der Waals surface area contributed by atoms with Crippen LogP contribution < -0.4 is 5.32 Å². The summed E-state index contributed by atoms with van der Waals surface area (Å²) in [6.45, 7) is 14.2. The molecule has 0 saturated heterocycles. The average Bonchev–Trinajstić information content (AvgIpc) is 2.49. The van der Waals surface area contributed by atoms with E-state index >= 15 is 0 Å². The van der Waals surface area contributed by atoms with E-state index in [2.05, 4.69) is 51.9 Å². The van der Waals surface area contributed by atoms with Crippen LogP contribution in [0.25, 0.3) is 0 Å². The summed E-state index contributed by atoms with van der Waals surface area (Å²) in [5, 5.41) is 3.74. The topological polar surface area (TPSA) is 15.3 Å². The van der Waals surface area contributed by atoms with E-state index in [9.17, 15) is 0 Å². The molecule has 0 aromatic rings. The summed E-state index contributed by atoms with van der Waals surface area (Å²) in [5.41, 5.74) is 0.337. The van der Waals surface area contributed by atoms with Gasteiger partial charge >= 0.3 is 0 Å². The van der Waals surface area contributed by atoms with Gasteiger partial charge in [0.05, 0.1) is 0 Å². The maximum Gasteiger partial charge on any atom is 0.0359 e. The summed E-state index contributed by atoms with van der Waals surface area (Å²) in [6, 6.07) is 0.643. The van der Waals surface area contributed by atoms with Gasteiger partial charge in [0.2, 0.25) is 0 Å². The van der Waals surface area contributed by atoms with Crippen molar-refractivity contribution in [1.82, 2.24) is 10.2 Å². The van der Waals surface area contributed by atoms with Crippen LogP contribution in [0.2, 0.25) is 0 Å². The van der Waals surface area contributed by atoms with Crippen LogP contribution in [0.1, 0.15) is 73.1 Å². The number of hydrogen-bond acceptors (Lipinski definition) is 2. The first kappa shape index (κ1) is 18.0. The van der Waals surface area contributed by atoms with E-state index in [1.165, 1.54) is 51.6 Å². The first-order chi connectivity index (χ1) is 9.59. The molecule has 0 bridgehead atoms. The molecular weight excluding hydrogens is 244 g/mol. The van der Waals surface area contributed by atoms with E-state index in [0.717, 1.165) is 11.8 Å². The third-order valence-corrected chi connectivity index (χ3v) is 6.04. The summed E-state index contributed by atoms with van der Waals surface area (Å²) in [5.74, 6) is 1.80. The fraction of sp³-hybridized carbons (Fsp3) is 1.00. The highest BCUT2D eigenvalue weighted by molar-refractivity contribution is 5.01. The van der Waals surface area contributed by atoms with Crippen molar-refractivity contribution >= 4 is 0 Å². The summed E-state index contributed by atoms with van der Waals surface area (Å²) in [4.78, 5) is 2.71.